The van der Waals surface area contributed by atoms with Gasteiger partial charge in [0.15, 0.2) is 5.69 Å². The number of carbonyl (C=O) groups is 1. The zero-order chi connectivity index (χ0) is 11.5. The Hall–Kier alpha value is -1.07. The van der Waals surface area contributed by atoms with Crippen molar-refractivity contribution in [3.8, 4) is 0 Å². The number of rotatable bonds is 2. The number of aromatic nitrogens is 2. The van der Waals surface area contributed by atoms with Crippen LogP contribution < -0.4 is 10.6 Å². The van der Waals surface area contributed by atoms with Crippen molar-refractivity contribution in [1.82, 2.24) is 20.4 Å². The van der Waals surface area contributed by atoms with E-state index in [0.29, 0.717) is 23.8 Å². The Morgan fingerprint density at radius 2 is 2.50 bits per heavy atom. The molecule has 1 aromatic rings. The summed E-state index contributed by atoms with van der Waals surface area (Å²) in [5, 5.41) is 10.7. The van der Waals surface area contributed by atoms with Crippen LogP contribution in [0, 0.1) is 0 Å². The summed E-state index contributed by atoms with van der Waals surface area (Å²) in [5.74, 6) is -0.201. The van der Waals surface area contributed by atoms with Crippen LogP contribution in [-0.4, -0.2) is 28.8 Å². The van der Waals surface area contributed by atoms with Gasteiger partial charge in [-0.05, 0) is 19.9 Å². The van der Waals surface area contributed by atoms with Crippen LogP contribution in [0.25, 0.3) is 0 Å². The second kappa shape index (κ2) is 4.84. The van der Waals surface area contributed by atoms with Crippen molar-refractivity contribution >= 4 is 17.5 Å². The molecule has 0 atom stereocenters. The highest BCUT2D eigenvalue weighted by Gasteiger charge is 2.21. The number of aryl methyl sites for hydroxylation is 1. The lowest BCUT2D eigenvalue weighted by Gasteiger charge is -1.99. The average Bonchev–Trinajstić information content (AvgIpc) is 2.47. The van der Waals surface area contributed by atoms with E-state index >= 15 is 0 Å². The largest absolute Gasteiger partial charge is 0.351 e. The van der Waals surface area contributed by atoms with Gasteiger partial charge in [-0.25, -0.2) is 0 Å². The Balaban J connectivity index is 2.31. The maximum absolute atomic E-state index is 11.7. The fourth-order valence-electron chi connectivity index (χ4n) is 1.78. The van der Waals surface area contributed by atoms with Crippen molar-refractivity contribution in [2.75, 3.05) is 13.1 Å². The van der Waals surface area contributed by atoms with Gasteiger partial charge in [0.2, 0.25) is 0 Å². The van der Waals surface area contributed by atoms with Crippen molar-refractivity contribution in [3.05, 3.63) is 16.4 Å². The van der Waals surface area contributed by atoms with E-state index in [1.54, 1.807) is 0 Å². The van der Waals surface area contributed by atoms with Crippen molar-refractivity contribution in [3.63, 3.8) is 0 Å². The molecule has 5 nitrogen and oxygen atoms in total. The minimum Gasteiger partial charge on any atom is -0.351 e. The molecule has 0 bridgehead atoms. The molecule has 0 unspecified atom stereocenters. The lowest BCUT2D eigenvalue weighted by Crippen LogP contribution is -2.23. The van der Waals surface area contributed by atoms with Crippen molar-refractivity contribution in [2.24, 2.45) is 0 Å². The van der Waals surface area contributed by atoms with Crippen LogP contribution in [0.3, 0.4) is 0 Å². The quantitative estimate of drug-likeness (QED) is 0.806. The van der Waals surface area contributed by atoms with Gasteiger partial charge in [0.1, 0.15) is 0 Å². The van der Waals surface area contributed by atoms with Gasteiger partial charge in [-0.3, -0.25) is 9.48 Å². The van der Waals surface area contributed by atoms with E-state index in [-0.39, 0.29) is 5.91 Å². The van der Waals surface area contributed by atoms with Crippen LogP contribution in [0.1, 0.15) is 29.5 Å². The lowest BCUT2D eigenvalue weighted by atomic mass is 10.3. The number of carbonyl (C=O) groups excluding carboxylic acids is 1. The molecule has 0 radical (unpaired) electrons. The third kappa shape index (κ3) is 2.05. The fraction of sp³-hybridized carbons (Fsp3) is 0.600. The summed E-state index contributed by atoms with van der Waals surface area (Å²) in [6.07, 6.45) is 1.000. The molecule has 88 valence electrons. The molecule has 1 aliphatic heterocycles. The van der Waals surface area contributed by atoms with E-state index in [1.807, 2.05) is 11.6 Å². The highest BCUT2D eigenvalue weighted by Crippen LogP contribution is 2.22. The Kier molecular flexibility index (Phi) is 3.46. The van der Waals surface area contributed by atoms with E-state index in [0.717, 1.165) is 25.2 Å². The predicted molar refractivity (Wildman–Crippen MR) is 61.6 cm³/mol. The number of hydrogen-bond donors (Lipinski definition) is 2. The zero-order valence-corrected chi connectivity index (χ0v) is 9.97. The molecule has 16 heavy (non-hydrogen) atoms. The first-order chi connectivity index (χ1) is 7.74. The van der Waals surface area contributed by atoms with Crippen LogP contribution in [0.4, 0.5) is 0 Å². The summed E-state index contributed by atoms with van der Waals surface area (Å²) >= 11 is 6.16. The van der Waals surface area contributed by atoms with Crippen molar-refractivity contribution < 1.29 is 4.79 Å². The molecule has 2 rings (SSSR count). The average molecular weight is 243 g/mol. The summed E-state index contributed by atoms with van der Waals surface area (Å²) in [4.78, 5) is 11.7. The van der Waals surface area contributed by atoms with Crippen LogP contribution in [0.5, 0.6) is 0 Å². The van der Waals surface area contributed by atoms with Crippen LogP contribution in [0.15, 0.2) is 0 Å². The normalized spacial score (nSPS) is 15.4. The molecule has 0 aromatic carbocycles. The van der Waals surface area contributed by atoms with Crippen molar-refractivity contribution in [1.29, 1.82) is 0 Å². The van der Waals surface area contributed by atoms with E-state index in [2.05, 4.69) is 15.7 Å². The number of hydrogen-bond acceptors (Lipinski definition) is 3. The van der Waals surface area contributed by atoms with Gasteiger partial charge >= 0.3 is 0 Å². The van der Waals surface area contributed by atoms with Gasteiger partial charge in [-0.1, -0.05) is 11.6 Å². The monoisotopic (exact) mass is 242 g/mol. The second-order valence-electron chi connectivity index (χ2n) is 3.72. The van der Waals surface area contributed by atoms with Gasteiger partial charge in [0.25, 0.3) is 5.91 Å². The fourth-order valence-corrected chi connectivity index (χ4v) is 2.07. The van der Waals surface area contributed by atoms with E-state index < -0.39 is 0 Å². The van der Waals surface area contributed by atoms with Crippen LogP contribution >= 0.6 is 11.6 Å². The SMILES string of the molecule is CCNC(=O)c1nn2c(c1Cl)CNCCC2. The van der Waals surface area contributed by atoms with E-state index in [1.165, 1.54) is 0 Å². The molecular formula is C10H15ClN4O. The summed E-state index contributed by atoms with van der Waals surface area (Å²) in [7, 11) is 0. The maximum Gasteiger partial charge on any atom is 0.273 e. The first kappa shape index (κ1) is 11.4. The topological polar surface area (TPSA) is 59.0 Å². The number of halogens is 1. The van der Waals surface area contributed by atoms with Gasteiger partial charge in [-0.2, -0.15) is 5.10 Å². The van der Waals surface area contributed by atoms with Gasteiger partial charge in [-0.15, -0.1) is 0 Å². The minimum absolute atomic E-state index is 0.201. The molecule has 2 heterocycles. The molecule has 0 fully saturated rings. The van der Waals surface area contributed by atoms with Crippen molar-refractivity contribution in [2.45, 2.75) is 26.4 Å². The van der Waals surface area contributed by atoms with Gasteiger partial charge in [0.05, 0.1) is 10.7 Å². The number of nitrogens with one attached hydrogen (secondary N) is 2. The lowest BCUT2D eigenvalue weighted by molar-refractivity contribution is 0.0950. The molecule has 1 amide bonds. The highest BCUT2D eigenvalue weighted by molar-refractivity contribution is 6.34. The Labute approximate surface area is 99.2 Å². The van der Waals surface area contributed by atoms with Crippen LogP contribution in [0.2, 0.25) is 5.02 Å². The number of amides is 1. The smallest absolute Gasteiger partial charge is 0.273 e. The highest BCUT2D eigenvalue weighted by atomic mass is 35.5. The summed E-state index contributed by atoms with van der Waals surface area (Å²) < 4.78 is 1.83. The van der Waals surface area contributed by atoms with E-state index in [4.69, 9.17) is 11.6 Å². The third-order valence-electron chi connectivity index (χ3n) is 2.56. The molecule has 6 heteroatoms. The standard InChI is InChI=1S/C10H15ClN4O/c1-2-13-10(16)9-8(11)7-6-12-4-3-5-15(7)14-9/h12H,2-6H2,1H3,(H,13,16). The predicted octanol–water partition coefficient (Wildman–Crippen LogP) is 0.779. The molecule has 1 aliphatic rings. The van der Waals surface area contributed by atoms with Gasteiger partial charge in [0, 0.05) is 19.6 Å². The molecule has 0 saturated carbocycles. The summed E-state index contributed by atoms with van der Waals surface area (Å²) in [5.41, 5.74) is 1.24. The third-order valence-corrected chi connectivity index (χ3v) is 2.96. The first-order valence-electron chi connectivity index (χ1n) is 5.48. The maximum atomic E-state index is 11.7. The first-order valence-corrected chi connectivity index (χ1v) is 5.86. The summed E-state index contributed by atoms with van der Waals surface area (Å²) in [6, 6.07) is 0. The Morgan fingerprint density at radius 1 is 1.69 bits per heavy atom. The van der Waals surface area contributed by atoms with E-state index in [9.17, 15) is 4.79 Å². The molecule has 0 saturated heterocycles. The Bertz CT molecular complexity index is 402. The molecule has 0 aliphatic carbocycles. The molecule has 2 N–H and O–H groups in total. The Morgan fingerprint density at radius 3 is 3.25 bits per heavy atom. The molecular weight excluding hydrogens is 228 g/mol. The molecule has 1 aromatic heterocycles. The number of fused-ring (bicyclic) bond motifs is 1. The number of nitrogens with zero attached hydrogens (tertiary/aromatic N) is 2. The second-order valence-corrected chi connectivity index (χ2v) is 4.10. The molecule has 0 spiro atoms. The minimum atomic E-state index is -0.201. The summed E-state index contributed by atoms with van der Waals surface area (Å²) in [6.45, 7) is 4.88. The zero-order valence-electron chi connectivity index (χ0n) is 9.22. The van der Waals surface area contributed by atoms with Gasteiger partial charge < -0.3 is 10.6 Å². The van der Waals surface area contributed by atoms with Crippen LogP contribution in [-0.2, 0) is 13.1 Å².